The number of imidazole rings is 1. The molecule has 1 aliphatic rings. The smallest absolute Gasteiger partial charge is 0.262 e. The molecule has 0 amide bonds. The molecule has 1 atom stereocenters. The second kappa shape index (κ2) is 8.08. The first-order valence-electron chi connectivity index (χ1n) is 9.24. The molecule has 0 bridgehead atoms. The van der Waals surface area contributed by atoms with Crippen LogP contribution in [0.5, 0.6) is 0 Å². The summed E-state index contributed by atoms with van der Waals surface area (Å²) in [5.74, 6) is 0.0348. The van der Waals surface area contributed by atoms with Crippen LogP contribution in [-0.2, 0) is 23.6 Å². The fourth-order valence-corrected chi connectivity index (χ4v) is 5.02. The van der Waals surface area contributed by atoms with Crippen LogP contribution in [0, 0.1) is 11.7 Å². The van der Waals surface area contributed by atoms with Gasteiger partial charge in [0.2, 0.25) is 0 Å². The second-order valence-electron chi connectivity index (χ2n) is 7.50. The third-order valence-electron chi connectivity index (χ3n) is 5.07. The minimum absolute atomic E-state index is 0.0797. The molecule has 0 saturated carbocycles. The Hall–Kier alpha value is -1.77. The predicted molar refractivity (Wildman–Crippen MR) is 102 cm³/mol. The van der Waals surface area contributed by atoms with Gasteiger partial charge in [-0.05, 0) is 30.0 Å². The minimum Gasteiger partial charge on any atom is -0.339 e. The van der Waals surface area contributed by atoms with E-state index >= 15 is 0 Å². The Morgan fingerprint density at radius 2 is 1.93 bits per heavy atom. The summed E-state index contributed by atoms with van der Waals surface area (Å²) in [6.45, 7) is 6.60. The number of nitrogens with zero attached hydrogens (tertiary/aromatic N) is 4. The summed E-state index contributed by atoms with van der Waals surface area (Å²) in [6, 6.07) is 6.60. The van der Waals surface area contributed by atoms with Crippen LogP contribution in [0.25, 0.3) is 0 Å². The van der Waals surface area contributed by atoms with E-state index in [1.807, 2.05) is 0 Å². The average Bonchev–Trinajstić information content (AvgIpc) is 2.94. The van der Waals surface area contributed by atoms with E-state index in [0.717, 1.165) is 18.5 Å². The molecular weight excluding hydrogens is 367 g/mol. The number of hydrogen-bond donors (Lipinski definition) is 0. The van der Waals surface area contributed by atoms with Gasteiger partial charge in [0.25, 0.3) is 10.0 Å². The van der Waals surface area contributed by atoms with Crippen molar-refractivity contribution in [1.29, 1.82) is 0 Å². The van der Waals surface area contributed by atoms with E-state index in [1.54, 1.807) is 34.2 Å². The summed E-state index contributed by atoms with van der Waals surface area (Å²) in [7, 11) is -1.85. The van der Waals surface area contributed by atoms with Crippen LogP contribution < -0.4 is 0 Å². The van der Waals surface area contributed by atoms with Crippen molar-refractivity contribution in [1.82, 2.24) is 18.8 Å². The Labute approximate surface area is 160 Å². The lowest BCUT2D eigenvalue weighted by molar-refractivity contribution is 0.149. The number of sulfonamides is 1. The summed E-state index contributed by atoms with van der Waals surface area (Å²) in [6.07, 6.45) is 3.79. The van der Waals surface area contributed by atoms with Gasteiger partial charge in [-0.3, -0.25) is 4.90 Å². The minimum atomic E-state index is -3.61. The number of hydrogen-bond acceptors (Lipinski definition) is 4. The van der Waals surface area contributed by atoms with E-state index in [9.17, 15) is 12.8 Å². The number of halogens is 1. The zero-order valence-corrected chi connectivity index (χ0v) is 16.9. The summed E-state index contributed by atoms with van der Waals surface area (Å²) < 4.78 is 42.4. The molecule has 0 spiro atoms. The molecule has 1 aromatic heterocycles. The molecule has 1 saturated heterocycles. The Kier molecular flexibility index (Phi) is 5.98. The standard InChI is InChI=1S/C19H27FN4O2S/c1-15(2)18-12-24(27(25,26)19-13-22(3)14-21-19)10-4-9-23(18)11-16-5-7-17(20)8-6-16/h5-8,13-15,18H,4,9-12H2,1-3H3. The summed E-state index contributed by atoms with van der Waals surface area (Å²) >= 11 is 0. The maximum absolute atomic E-state index is 13.2. The Morgan fingerprint density at radius 3 is 2.52 bits per heavy atom. The fourth-order valence-electron chi connectivity index (χ4n) is 3.56. The molecule has 8 heteroatoms. The third kappa shape index (κ3) is 4.56. The van der Waals surface area contributed by atoms with Crippen molar-refractivity contribution in [2.45, 2.75) is 37.9 Å². The van der Waals surface area contributed by atoms with Crippen molar-refractivity contribution in [3.8, 4) is 0 Å². The van der Waals surface area contributed by atoms with Crippen molar-refractivity contribution in [3.05, 3.63) is 48.2 Å². The summed E-state index contributed by atoms with van der Waals surface area (Å²) in [4.78, 5) is 6.35. The highest BCUT2D eigenvalue weighted by Crippen LogP contribution is 2.24. The van der Waals surface area contributed by atoms with Gasteiger partial charge in [-0.2, -0.15) is 4.31 Å². The molecule has 6 nitrogen and oxygen atoms in total. The molecule has 0 aliphatic carbocycles. The van der Waals surface area contributed by atoms with E-state index in [1.165, 1.54) is 18.5 Å². The molecule has 1 unspecified atom stereocenters. The van der Waals surface area contributed by atoms with Crippen molar-refractivity contribution in [3.63, 3.8) is 0 Å². The number of rotatable bonds is 5. The SMILES string of the molecule is CC(C)C1CN(S(=O)(=O)c2cn(C)cn2)CCCN1Cc1ccc(F)cc1. The van der Waals surface area contributed by atoms with Gasteiger partial charge in [0.1, 0.15) is 5.82 Å². The van der Waals surface area contributed by atoms with E-state index in [2.05, 4.69) is 23.7 Å². The summed E-state index contributed by atoms with van der Waals surface area (Å²) in [5.41, 5.74) is 1.03. The van der Waals surface area contributed by atoms with Crippen molar-refractivity contribution in [2.24, 2.45) is 13.0 Å². The van der Waals surface area contributed by atoms with Crippen LogP contribution in [0.4, 0.5) is 4.39 Å². The van der Waals surface area contributed by atoms with Crippen LogP contribution in [0.3, 0.4) is 0 Å². The van der Waals surface area contributed by atoms with Crippen molar-refractivity contribution in [2.75, 3.05) is 19.6 Å². The fraction of sp³-hybridized carbons (Fsp3) is 0.526. The monoisotopic (exact) mass is 394 g/mol. The van der Waals surface area contributed by atoms with Crippen molar-refractivity contribution >= 4 is 10.0 Å². The lowest BCUT2D eigenvalue weighted by Gasteiger charge is -2.34. The van der Waals surface area contributed by atoms with Gasteiger partial charge < -0.3 is 4.57 Å². The highest BCUT2D eigenvalue weighted by atomic mass is 32.2. The molecule has 2 heterocycles. The third-order valence-corrected chi connectivity index (χ3v) is 6.82. The molecule has 27 heavy (non-hydrogen) atoms. The lowest BCUT2D eigenvalue weighted by atomic mass is 10.0. The molecule has 3 rings (SSSR count). The number of aryl methyl sites for hydroxylation is 1. The highest BCUT2D eigenvalue weighted by molar-refractivity contribution is 7.89. The highest BCUT2D eigenvalue weighted by Gasteiger charge is 2.34. The molecule has 1 aromatic carbocycles. The van der Waals surface area contributed by atoms with Gasteiger partial charge in [-0.15, -0.1) is 0 Å². The normalized spacial score (nSPS) is 20.1. The van der Waals surface area contributed by atoms with Crippen LogP contribution in [0.2, 0.25) is 0 Å². The topological polar surface area (TPSA) is 58.4 Å². The zero-order chi connectivity index (χ0) is 19.6. The largest absolute Gasteiger partial charge is 0.339 e. The predicted octanol–water partition coefficient (Wildman–Crippen LogP) is 2.48. The molecule has 0 radical (unpaired) electrons. The molecule has 2 aromatic rings. The maximum atomic E-state index is 13.2. The van der Waals surface area contributed by atoms with Gasteiger partial charge in [0.05, 0.1) is 6.33 Å². The number of benzene rings is 1. The van der Waals surface area contributed by atoms with Gasteiger partial charge in [-0.25, -0.2) is 17.8 Å². The average molecular weight is 395 g/mol. The first kappa shape index (κ1) is 20.0. The Balaban J connectivity index is 1.81. The van der Waals surface area contributed by atoms with Gasteiger partial charge in [-0.1, -0.05) is 26.0 Å². The quantitative estimate of drug-likeness (QED) is 0.782. The van der Waals surface area contributed by atoms with Gasteiger partial charge in [0.15, 0.2) is 5.03 Å². The van der Waals surface area contributed by atoms with Crippen LogP contribution in [-0.4, -0.2) is 52.9 Å². The van der Waals surface area contributed by atoms with Crippen LogP contribution in [0.1, 0.15) is 25.8 Å². The van der Waals surface area contributed by atoms with E-state index in [4.69, 9.17) is 0 Å². The van der Waals surface area contributed by atoms with Crippen LogP contribution >= 0.6 is 0 Å². The van der Waals surface area contributed by atoms with Crippen molar-refractivity contribution < 1.29 is 12.8 Å². The molecular formula is C19H27FN4O2S. The van der Waals surface area contributed by atoms with E-state index in [0.29, 0.717) is 19.6 Å². The zero-order valence-electron chi connectivity index (χ0n) is 16.0. The molecule has 1 fully saturated rings. The summed E-state index contributed by atoms with van der Waals surface area (Å²) in [5, 5.41) is 0.0968. The second-order valence-corrected chi connectivity index (χ2v) is 9.39. The van der Waals surface area contributed by atoms with E-state index in [-0.39, 0.29) is 22.8 Å². The Morgan fingerprint density at radius 1 is 1.22 bits per heavy atom. The molecule has 1 aliphatic heterocycles. The van der Waals surface area contributed by atoms with Gasteiger partial charge >= 0.3 is 0 Å². The van der Waals surface area contributed by atoms with Gasteiger partial charge in [0, 0.05) is 45.5 Å². The maximum Gasteiger partial charge on any atom is 0.262 e. The molecule has 148 valence electrons. The van der Waals surface area contributed by atoms with Crippen LogP contribution in [0.15, 0.2) is 41.8 Å². The first-order valence-corrected chi connectivity index (χ1v) is 10.7. The number of aromatic nitrogens is 2. The lowest BCUT2D eigenvalue weighted by Crippen LogP contribution is -2.45. The van der Waals surface area contributed by atoms with E-state index < -0.39 is 10.0 Å². The molecule has 0 N–H and O–H groups in total. The Bertz CT molecular complexity index is 864. The first-order chi connectivity index (χ1) is 12.8.